The van der Waals surface area contributed by atoms with E-state index in [0.29, 0.717) is 0 Å². The van der Waals surface area contributed by atoms with Crippen molar-refractivity contribution >= 4 is 38.6 Å². The van der Waals surface area contributed by atoms with Crippen molar-refractivity contribution in [1.29, 1.82) is 0 Å². The topological polar surface area (TPSA) is 3.24 Å². The molecule has 0 saturated heterocycles. The molecule has 0 amide bonds. The summed E-state index contributed by atoms with van der Waals surface area (Å²) in [7, 11) is 0. The standard InChI is InChI=1S/C50H33N/c1-5-16-34(17-6-1)35-28-30-40(31-29-35)51(39-23-11-4-12-24-39)46-27-15-22-38-32-44-45(33-43(38)46)50-48(37-20-9-3-10-21-37)42-26-14-13-25-41(42)47(49(44)50)36-18-7-2-8-19-36/h1-33H. The molecule has 0 saturated carbocycles. The molecule has 0 bridgehead atoms. The van der Waals surface area contributed by atoms with E-state index in [1.807, 2.05) is 0 Å². The molecule has 9 aromatic carbocycles. The third-order valence-corrected chi connectivity index (χ3v) is 10.4. The summed E-state index contributed by atoms with van der Waals surface area (Å²) in [5, 5.41) is 5.03. The van der Waals surface area contributed by atoms with Crippen LogP contribution in [0.25, 0.3) is 77.2 Å². The van der Waals surface area contributed by atoms with Gasteiger partial charge in [0.05, 0.1) is 5.69 Å². The lowest BCUT2D eigenvalue weighted by molar-refractivity contribution is 1.30. The normalized spacial score (nSPS) is 11.5. The van der Waals surface area contributed by atoms with E-state index in [2.05, 4.69) is 205 Å². The van der Waals surface area contributed by atoms with Gasteiger partial charge in [-0.05, 0) is 114 Å². The molecule has 0 N–H and O–H groups in total. The zero-order chi connectivity index (χ0) is 33.7. The van der Waals surface area contributed by atoms with E-state index in [4.69, 9.17) is 0 Å². The summed E-state index contributed by atoms with van der Waals surface area (Å²) in [5.74, 6) is 0. The van der Waals surface area contributed by atoms with Gasteiger partial charge in [0.2, 0.25) is 0 Å². The lowest BCUT2D eigenvalue weighted by Gasteiger charge is -2.33. The van der Waals surface area contributed by atoms with Crippen LogP contribution in [0.3, 0.4) is 0 Å². The van der Waals surface area contributed by atoms with E-state index in [1.165, 1.54) is 77.2 Å². The van der Waals surface area contributed by atoms with E-state index < -0.39 is 0 Å². The van der Waals surface area contributed by atoms with Crippen molar-refractivity contribution in [2.75, 3.05) is 4.90 Å². The fraction of sp³-hybridized carbons (Fsp3) is 0. The number of para-hydroxylation sites is 1. The van der Waals surface area contributed by atoms with Gasteiger partial charge in [0.25, 0.3) is 0 Å². The van der Waals surface area contributed by atoms with Crippen LogP contribution in [0.5, 0.6) is 0 Å². The van der Waals surface area contributed by atoms with Crippen molar-refractivity contribution in [3.63, 3.8) is 0 Å². The number of hydrogen-bond donors (Lipinski definition) is 0. The molecular formula is C50H33N. The first-order chi connectivity index (χ1) is 25.3. The molecule has 9 aromatic rings. The second-order valence-corrected chi connectivity index (χ2v) is 13.3. The van der Waals surface area contributed by atoms with Crippen LogP contribution < -0.4 is 4.90 Å². The van der Waals surface area contributed by atoms with Gasteiger partial charge in [-0.15, -0.1) is 0 Å². The van der Waals surface area contributed by atoms with Gasteiger partial charge in [0.1, 0.15) is 0 Å². The van der Waals surface area contributed by atoms with Crippen LogP contribution in [-0.4, -0.2) is 0 Å². The predicted octanol–water partition coefficient (Wildman–Crippen LogP) is 14.1. The second-order valence-electron chi connectivity index (χ2n) is 13.3. The SMILES string of the molecule is c1ccc(-c2ccc(N(c3ccccc3)c3cccc4cc5c(cc34)-c3c-5c(-c4ccccc4)c4ccccc4c3-c3ccccc3)cc2)cc1. The Morgan fingerprint density at radius 1 is 0.275 bits per heavy atom. The van der Waals surface area contributed by atoms with Crippen LogP contribution in [-0.2, 0) is 0 Å². The molecule has 1 aliphatic rings. The molecule has 0 aliphatic heterocycles. The van der Waals surface area contributed by atoms with Crippen molar-refractivity contribution in [3.8, 4) is 55.6 Å². The summed E-state index contributed by atoms with van der Waals surface area (Å²) in [6.07, 6.45) is 0. The lowest BCUT2D eigenvalue weighted by Crippen LogP contribution is -2.11. The van der Waals surface area contributed by atoms with Gasteiger partial charge in [0, 0.05) is 16.8 Å². The van der Waals surface area contributed by atoms with Gasteiger partial charge in [-0.3, -0.25) is 0 Å². The maximum Gasteiger partial charge on any atom is 0.0540 e. The number of fused-ring (bicyclic) bond motifs is 6. The molecule has 51 heavy (non-hydrogen) atoms. The predicted molar refractivity (Wildman–Crippen MR) is 217 cm³/mol. The number of hydrogen-bond acceptors (Lipinski definition) is 1. The fourth-order valence-corrected chi connectivity index (χ4v) is 8.08. The Labute approximate surface area is 298 Å². The van der Waals surface area contributed by atoms with Gasteiger partial charge in [-0.1, -0.05) is 158 Å². The summed E-state index contributed by atoms with van der Waals surface area (Å²) >= 11 is 0. The highest BCUT2D eigenvalue weighted by molar-refractivity contribution is 6.26. The maximum atomic E-state index is 2.45. The Balaban J connectivity index is 1.22. The molecule has 0 fully saturated rings. The second kappa shape index (κ2) is 12.0. The fourth-order valence-electron chi connectivity index (χ4n) is 8.08. The molecule has 1 nitrogen and oxygen atoms in total. The first kappa shape index (κ1) is 29.2. The molecule has 1 aliphatic carbocycles. The highest BCUT2D eigenvalue weighted by Crippen LogP contribution is 2.60. The van der Waals surface area contributed by atoms with Crippen LogP contribution >= 0.6 is 0 Å². The summed E-state index contributed by atoms with van der Waals surface area (Å²) in [4.78, 5) is 2.40. The van der Waals surface area contributed by atoms with Crippen molar-refractivity contribution in [1.82, 2.24) is 0 Å². The minimum Gasteiger partial charge on any atom is -0.310 e. The van der Waals surface area contributed by atoms with Gasteiger partial charge in [-0.2, -0.15) is 0 Å². The first-order valence-electron chi connectivity index (χ1n) is 17.6. The average molecular weight is 648 g/mol. The molecule has 238 valence electrons. The third kappa shape index (κ3) is 4.78. The zero-order valence-corrected chi connectivity index (χ0v) is 28.0. The number of anilines is 3. The lowest BCUT2D eigenvalue weighted by atomic mass is 9.70. The van der Waals surface area contributed by atoms with Crippen LogP contribution in [0.4, 0.5) is 17.1 Å². The van der Waals surface area contributed by atoms with E-state index in [0.717, 1.165) is 17.1 Å². The van der Waals surface area contributed by atoms with E-state index >= 15 is 0 Å². The molecule has 10 rings (SSSR count). The molecule has 0 aromatic heterocycles. The quantitative estimate of drug-likeness (QED) is 0.174. The minimum absolute atomic E-state index is 1.12. The van der Waals surface area contributed by atoms with Crippen LogP contribution in [0.15, 0.2) is 200 Å². The van der Waals surface area contributed by atoms with Crippen molar-refractivity contribution in [2.24, 2.45) is 0 Å². The Bertz CT molecular complexity index is 2700. The Hall–Kier alpha value is -6.70. The molecule has 0 spiro atoms. The highest BCUT2D eigenvalue weighted by atomic mass is 15.1. The van der Waals surface area contributed by atoms with E-state index in [1.54, 1.807) is 0 Å². The summed E-state index contributed by atoms with van der Waals surface area (Å²) in [6, 6.07) is 72.7. The summed E-state index contributed by atoms with van der Waals surface area (Å²) in [5.41, 5.74) is 16.2. The van der Waals surface area contributed by atoms with Crippen molar-refractivity contribution < 1.29 is 0 Å². The molecule has 0 unspecified atom stereocenters. The van der Waals surface area contributed by atoms with Crippen LogP contribution in [0.1, 0.15) is 0 Å². The third-order valence-electron chi connectivity index (χ3n) is 10.4. The van der Waals surface area contributed by atoms with Crippen molar-refractivity contribution in [2.45, 2.75) is 0 Å². The van der Waals surface area contributed by atoms with Crippen LogP contribution in [0.2, 0.25) is 0 Å². The molecule has 0 heterocycles. The number of nitrogens with zero attached hydrogens (tertiary/aromatic N) is 1. The molecule has 1 heteroatoms. The van der Waals surface area contributed by atoms with Crippen molar-refractivity contribution in [3.05, 3.63) is 200 Å². The minimum atomic E-state index is 1.12. The monoisotopic (exact) mass is 647 g/mol. The van der Waals surface area contributed by atoms with Gasteiger partial charge >= 0.3 is 0 Å². The molecule has 0 atom stereocenters. The van der Waals surface area contributed by atoms with E-state index in [-0.39, 0.29) is 0 Å². The largest absolute Gasteiger partial charge is 0.310 e. The molecule has 0 radical (unpaired) electrons. The zero-order valence-electron chi connectivity index (χ0n) is 28.0. The smallest absolute Gasteiger partial charge is 0.0540 e. The number of rotatable bonds is 6. The van der Waals surface area contributed by atoms with Gasteiger partial charge < -0.3 is 4.90 Å². The Morgan fingerprint density at radius 3 is 1.29 bits per heavy atom. The average Bonchev–Trinajstić information content (AvgIpc) is 3.21. The maximum absolute atomic E-state index is 2.45. The first-order valence-corrected chi connectivity index (χ1v) is 17.6. The number of benzene rings is 9. The van der Waals surface area contributed by atoms with Gasteiger partial charge in [0.15, 0.2) is 0 Å². The summed E-state index contributed by atoms with van der Waals surface area (Å²) < 4.78 is 0. The Morgan fingerprint density at radius 2 is 0.725 bits per heavy atom. The van der Waals surface area contributed by atoms with E-state index in [9.17, 15) is 0 Å². The molecular weight excluding hydrogens is 615 g/mol. The van der Waals surface area contributed by atoms with Crippen LogP contribution in [0, 0.1) is 0 Å². The van der Waals surface area contributed by atoms with Gasteiger partial charge in [-0.25, -0.2) is 0 Å². The Kier molecular flexibility index (Phi) is 6.89. The highest BCUT2D eigenvalue weighted by Gasteiger charge is 2.33. The summed E-state index contributed by atoms with van der Waals surface area (Å²) in [6.45, 7) is 0.